The van der Waals surface area contributed by atoms with Crippen LogP contribution in [0.1, 0.15) is 30.9 Å². The van der Waals surface area contributed by atoms with E-state index in [-0.39, 0.29) is 5.91 Å². The van der Waals surface area contributed by atoms with Gasteiger partial charge in [0.2, 0.25) is 5.91 Å². The Bertz CT molecular complexity index is 391. The largest absolute Gasteiger partial charge is 0.494 e. The van der Waals surface area contributed by atoms with Gasteiger partial charge in [-0.15, -0.1) is 0 Å². The van der Waals surface area contributed by atoms with Gasteiger partial charge in [0.1, 0.15) is 5.75 Å². The van der Waals surface area contributed by atoms with Gasteiger partial charge in [0, 0.05) is 13.5 Å². The van der Waals surface area contributed by atoms with Crippen LogP contribution in [-0.4, -0.2) is 19.6 Å². The van der Waals surface area contributed by atoms with Crippen molar-refractivity contribution in [1.82, 2.24) is 10.9 Å². The lowest BCUT2D eigenvalue weighted by atomic mass is 10.0. The van der Waals surface area contributed by atoms with Crippen LogP contribution in [0.3, 0.4) is 0 Å². The molecule has 0 spiro atoms. The number of rotatable bonds is 7. The van der Waals surface area contributed by atoms with Gasteiger partial charge < -0.3 is 4.74 Å². The average molecular weight is 250 g/mol. The fraction of sp³-hybridized carbons (Fsp3) is 0.500. The number of benzene rings is 1. The zero-order valence-electron chi connectivity index (χ0n) is 11.4. The third kappa shape index (κ3) is 4.75. The van der Waals surface area contributed by atoms with Gasteiger partial charge in [0.25, 0.3) is 0 Å². The minimum Gasteiger partial charge on any atom is -0.494 e. The minimum absolute atomic E-state index is 0.0279. The standard InChI is InChI=1S/C14H22N2O2/c1-4-18-13-9-8-12(10-11(13)2)6-5-7-14(17)16-15-3/h8-10,15H,4-7H2,1-3H3,(H,16,17). The number of nitrogens with one attached hydrogen (secondary N) is 2. The van der Waals surface area contributed by atoms with Crippen molar-refractivity contribution < 1.29 is 9.53 Å². The van der Waals surface area contributed by atoms with Crippen LogP contribution in [0, 0.1) is 6.92 Å². The van der Waals surface area contributed by atoms with Crippen molar-refractivity contribution in [3.05, 3.63) is 29.3 Å². The Kier molecular flexibility index (Phi) is 6.22. The van der Waals surface area contributed by atoms with Crippen LogP contribution < -0.4 is 15.6 Å². The molecule has 0 fully saturated rings. The van der Waals surface area contributed by atoms with Gasteiger partial charge in [-0.3, -0.25) is 10.2 Å². The number of carbonyl (C=O) groups is 1. The van der Waals surface area contributed by atoms with Crippen LogP contribution in [0.4, 0.5) is 0 Å². The third-order valence-electron chi connectivity index (χ3n) is 2.67. The second-order valence-corrected chi connectivity index (χ2v) is 4.18. The van der Waals surface area contributed by atoms with Crippen molar-refractivity contribution in [2.75, 3.05) is 13.7 Å². The highest BCUT2D eigenvalue weighted by molar-refractivity contribution is 5.75. The lowest BCUT2D eigenvalue weighted by Gasteiger charge is -2.09. The van der Waals surface area contributed by atoms with Gasteiger partial charge in [0.15, 0.2) is 0 Å². The first kappa shape index (κ1) is 14.5. The molecule has 1 amide bonds. The number of carbonyl (C=O) groups excluding carboxylic acids is 1. The molecule has 0 bridgehead atoms. The molecule has 2 N–H and O–H groups in total. The molecule has 0 unspecified atom stereocenters. The molecule has 0 saturated heterocycles. The molecule has 4 heteroatoms. The van der Waals surface area contributed by atoms with Crippen LogP contribution in [0.5, 0.6) is 5.75 Å². The first-order chi connectivity index (χ1) is 8.67. The zero-order chi connectivity index (χ0) is 13.4. The first-order valence-electron chi connectivity index (χ1n) is 6.35. The molecule has 0 aliphatic heterocycles. The molecule has 0 aliphatic carbocycles. The van der Waals surface area contributed by atoms with Gasteiger partial charge in [-0.1, -0.05) is 12.1 Å². The normalized spacial score (nSPS) is 10.2. The van der Waals surface area contributed by atoms with Gasteiger partial charge in [-0.25, -0.2) is 5.43 Å². The first-order valence-corrected chi connectivity index (χ1v) is 6.35. The molecule has 1 aromatic rings. The maximum Gasteiger partial charge on any atom is 0.234 e. The summed E-state index contributed by atoms with van der Waals surface area (Å²) in [7, 11) is 1.69. The average Bonchev–Trinajstić information content (AvgIpc) is 2.33. The second kappa shape index (κ2) is 7.71. The quantitative estimate of drug-likeness (QED) is 0.727. The Morgan fingerprint density at radius 2 is 2.17 bits per heavy atom. The maximum atomic E-state index is 11.2. The summed E-state index contributed by atoms with van der Waals surface area (Å²) in [5.41, 5.74) is 7.58. The number of hydrazine groups is 1. The molecule has 1 rings (SSSR count). The molecule has 4 nitrogen and oxygen atoms in total. The van der Waals surface area contributed by atoms with E-state index < -0.39 is 0 Å². The molecular formula is C14H22N2O2. The van der Waals surface area contributed by atoms with E-state index in [2.05, 4.69) is 23.0 Å². The highest BCUT2D eigenvalue weighted by atomic mass is 16.5. The van der Waals surface area contributed by atoms with Crippen molar-refractivity contribution >= 4 is 5.91 Å². The molecule has 0 saturated carbocycles. The predicted octanol–water partition coefficient (Wildman–Crippen LogP) is 1.97. The second-order valence-electron chi connectivity index (χ2n) is 4.18. The monoisotopic (exact) mass is 250 g/mol. The lowest BCUT2D eigenvalue weighted by molar-refractivity contribution is -0.122. The number of ether oxygens (including phenoxy) is 1. The van der Waals surface area contributed by atoms with E-state index in [9.17, 15) is 4.79 Å². The Labute approximate surface area is 109 Å². The molecule has 1 aromatic carbocycles. The number of hydrogen-bond acceptors (Lipinski definition) is 3. The van der Waals surface area contributed by atoms with Crippen molar-refractivity contribution in [3.63, 3.8) is 0 Å². The van der Waals surface area contributed by atoms with E-state index in [1.54, 1.807) is 7.05 Å². The molecular weight excluding hydrogens is 228 g/mol. The summed E-state index contributed by atoms with van der Waals surface area (Å²) in [5, 5.41) is 0. The van der Waals surface area contributed by atoms with Gasteiger partial charge >= 0.3 is 0 Å². The van der Waals surface area contributed by atoms with Crippen molar-refractivity contribution in [1.29, 1.82) is 0 Å². The number of hydrogen-bond donors (Lipinski definition) is 2. The van der Waals surface area contributed by atoms with E-state index in [0.29, 0.717) is 13.0 Å². The van der Waals surface area contributed by atoms with E-state index in [4.69, 9.17) is 4.74 Å². The Hall–Kier alpha value is -1.55. The van der Waals surface area contributed by atoms with E-state index >= 15 is 0 Å². The minimum atomic E-state index is 0.0279. The summed E-state index contributed by atoms with van der Waals surface area (Å²) >= 11 is 0. The molecule has 0 aromatic heterocycles. The smallest absolute Gasteiger partial charge is 0.234 e. The molecule has 0 aliphatic rings. The van der Waals surface area contributed by atoms with Crippen LogP contribution in [0.25, 0.3) is 0 Å². The van der Waals surface area contributed by atoms with Crippen LogP contribution in [0.2, 0.25) is 0 Å². The summed E-state index contributed by atoms with van der Waals surface area (Å²) in [5.74, 6) is 0.967. The summed E-state index contributed by atoms with van der Waals surface area (Å²) in [4.78, 5) is 11.2. The highest BCUT2D eigenvalue weighted by Crippen LogP contribution is 2.20. The zero-order valence-corrected chi connectivity index (χ0v) is 11.4. The fourth-order valence-corrected chi connectivity index (χ4v) is 1.84. The van der Waals surface area contributed by atoms with Crippen molar-refractivity contribution in [2.24, 2.45) is 0 Å². The lowest BCUT2D eigenvalue weighted by Crippen LogP contribution is -2.33. The molecule has 18 heavy (non-hydrogen) atoms. The van der Waals surface area contributed by atoms with E-state index in [0.717, 1.165) is 24.2 Å². The van der Waals surface area contributed by atoms with Crippen LogP contribution >= 0.6 is 0 Å². The number of aryl methyl sites for hydroxylation is 2. The van der Waals surface area contributed by atoms with Gasteiger partial charge in [-0.2, -0.15) is 0 Å². The summed E-state index contributed by atoms with van der Waals surface area (Å²) in [6, 6.07) is 6.19. The van der Waals surface area contributed by atoms with E-state index in [1.165, 1.54) is 5.56 Å². The van der Waals surface area contributed by atoms with Gasteiger partial charge in [0.05, 0.1) is 6.61 Å². The summed E-state index contributed by atoms with van der Waals surface area (Å²) in [6.07, 6.45) is 2.29. The van der Waals surface area contributed by atoms with Crippen molar-refractivity contribution in [2.45, 2.75) is 33.1 Å². The Balaban J connectivity index is 2.43. The van der Waals surface area contributed by atoms with Crippen LogP contribution in [0.15, 0.2) is 18.2 Å². The molecule has 100 valence electrons. The highest BCUT2D eigenvalue weighted by Gasteiger charge is 2.03. The molecule has 0 radical (unpaired) electrons. The Morgan fingerprint density at radius 3 is 2.78 bits per heavy atom. The Morgan fingerprint density at radius 1 is 1.39 bits per heavy atom. The fourth-order valence-electron chi connectivity index (χ4n) is 1.84. The topological polar surface area (TPSA) is 50.4 Å². The summed E-state index contributed by atoms with van der Waals surface area (Å²) in [6.45, 7) is 4.71. The predicted molar refractivity (Wildman–Crippen MR) is 72.5 cm³/mol. The van der Waals surface area contributed by atoms with Crippen molar-refractivity contribution in [3.8, 4) is 5.75 Å². The maximum absolute atomic E-state index is 11.2. The van der Waals surface area contributed by atoms with E-state index in [1.807, 2.05) is 19.9 Å². The number of amides is 1. The molecule has 0 atom stereocenters. The SMILES string of the molecule is CCOc1ccc(CCCC(=O)NNC)cc1C. The third-order valence-corrected chi connectivity index (χ3v) is 2.67. The van der Waals surface area contributed by atoms with Crippen LogP contribution in [-0.2, 0) is 11.2 Å². The summed E-state index contributed by atoms with van der Waals surface area (Å²) < 4.78 is 5.49. The molecule has 0 heterocycles. The van der Waals surface area contributed by atoms with Gasteiger partial charge in [-0.05, 0) is 43.9 Å².